The van der Waals surface area contributed by atoms with Crippen LogP contribution < -0.4 is 0 Å². The van der Waals surface area contributed by atoms with Crippen molar-refractivity contribution >= 4 is 0 Å². The van der Waals surface area contributed by atoms with E-state index in [0.717, 1.165) is 48.1 Å². The van der Waals surface area contributed by atoms with E-state index in [1.165, 1.54) is 51.9 Å². The summed E-state index contributed by atoms with van der Waals surface area (Å²) in [6.07, 6.45) is 7.41. The topological polar surface area (TPSA) is 36.9 Å². The Kier molecular flexibility index (Phi) is 5.85. The van der Waals surface area contributed by atoms with Crippen molar-refractivity contribution in [3.05, 3.63) is 0 Å². The zero-order valence-corrected chi connectivity index (χ0v) is 17.7. The van der Waals surface area contributed by atoms with Crippen molar-refractivity contribution in [1.82, 2.24) is 0 Å². The van der Waals surface area contributed by atoms with Crippen molar-refractivity contribution in [2.45, 2.75) is 69.7 Å². The van der Waals surface area contributed by atoms with Crippen LogP contribution in [0.25, 0.3) is 0 Å². The standard InChI is InChI=1S/C21H40N2O4/c1-21(25-17-19(27-21)15-23(3)12-6-7-13-23)9-8-20-24-16-18(26-20)14-22(2)10-4-5-11-22/h18-20H,4-17H2,1-3H3/q+2. The minimum atomic E-state index is -0.484. The molecule has 4 unspecified atom stereocenters. The highest BCUT2D eigenvalue weighted by Crippen LogP contribution is 2.32. The molecule has 156 valence electrons. The number of ether oxygens (including phenoxy) is 4. The third-order valence-electron chi connectivity index (χ3n) is 7.22. The van der Waals surface area contributed by atoms with Gasteiger partial charge in [0.15, 0.2) is 12.1 Å². The van der Waals surface area contributed by atoms with Crippen molar-refractivity contribution in [2.75, 3.05) is 66.6 Å². The average molecular weight is 385 g/mol. The first-order valence-corrected chi connectivity index (χ1v) is 11.1. The van der Waals surface area contributed by atoms with Crippen LogP contribution in [-0.4, -0.2) is 99.8 Å². The first-order valence-electron chi connectivity index (χ1n) is 11.1. The van der Waals surface area contributed by atoms with Crippen molar-refractivity contribution in [3.63, 3.8) is 0 Å². The van der Waals surface area contributed by atoms with Crippen LogP contribution in [0.1, 0.15) is 45.4 Å². The maximum atomic E-state index is 6.33. The Labute approximate surface area is 164 Å². The van der Waals surface area contributed by atoms with E-state index in [9.17, 15) is 0 Å². The Morgan fingerprint density at radius 3 is 2.07 bits per heavy atom. The number of hydrogen-bond donors (Lipinski definition) is 0. The van der Waals surface area contributed by atoms with Gasteiger partial charge in [0.2, 0.25) is 0 Å². The van der Waals surface area contributed by atoms with Gasteiger partial charge in [-0.05, 0) is 6.92 Å². The van der Waals surface area contributed by atoms with E-state index >= 15 is 0 Å². The summed E-state index contributed by atoms with van der Waals surface area (Å²) in [5.74, 6) is -0.484. The SMILES string of the molecule is CC1(CCC2OCC(C[N+]3(C)CCCC3)O2)OCC(C[N+]2(C)CCCC2)O1. The molecule has 0 saturated carbocycles. The number of hydrogen-bond acceptors (Lipinski definition) is 4. The molecule has 4 aliphatic heterocycles. The van der Waals surface area contributed by atoms with Crippen LogP contribution in [0.15, 0.2) is 0 Å². The average Bonchev–Trinajstić information content (AvgIpc) is 3.38. The van der Waals surface area contributed by atoms with E-state index in [-0.39, 0.29) is 18.5 Å². The van der Waals surface area contributed by atoms with Crippen LogP contribution in [0.3, 0.4) is 0 Å². The molecule has 0 aromatic heterocycles. The summed E-state index contributed by atoms with van der Waals surface area (Å²) >= 11 is 0. The maximum Gasteiger partial charge on any atom is 0.166 e. The fourth-order valence-electron chi connectivity index (χ4n) is 5.59. The minimum absolute atomic E-state index is 0.101. The molecule has 0 aromatic carbocycles. The monoisotopic (exact) mass is 384 g/mol. The fourth-order valence-corrected chi connectivity index (χ4v) is 5.59. The highest BCUT2D eigenvalue weighted by Gasteiger charge is 2.43. The van der Waals surface area contributed by atoms with Crippen molar-refractivity contribution in [1.29, 1.82) is 0 Å². The summed E-state index contributed by atoms with van der Waals surface area (Å²) in [4.78, 5) is 0. The van der Waals surface area contributed by atoms with Crippen molar-refractivity contribution in [2.24, 2.45) is 0 Å². The van der Waals surface area contributed by atoms with E-state index < -0.39 is 5.79 Å². The summed E-state index contributed by atoms with van der Waals surface area (Å²) in [6.45, 7) is 10.8. The molecule has 0 spiro atoms. The van der Waals surface area contributed by atoms with Gasteiger partial charge in [-0.1, -0.05) is 0 Å². The van der Waals surface area contributed by atoms with Crippen LogP contribution in [0.4, 0.5) is 0 Å². The van der Waals surface area contributed by atoms with E-state index in [0.29, 0.717) is 0 Å². The third-order valence-corrected chi connectivity index (χ3v) is 7.22. The van der Waals surface area contributed by atoms with Gasteiger partial charge in [0.25, 0.3) is 0 Å². The predicted molar refractivity (Wildman–Crippen MR) is 103 cm³/mol. The second-order valence-corrected chi connectivity index (χ2v) is 10.2. The molecule has 4 fully saturated rings. The molecular formula is C21H40N2O4+2. The van der Waals surface area contributed by atoms with Gasteiger partial charge >= 0.3 is 0 Å². The van der Waals surface area contributed by atoms with Gasteiger partial charge in [-0.25, -0.2) is 0 Å². The molecule has 0 N–H and O–H groups in total. The highest BCUT2D eigenvalue weighted by molar-refractivity contribution is 4.77. The number of likely N-dealkylation sites (tertiary alicyclic amines) is 2. The third kappa shape index (κ3) is 5.03. The predicted octanol–water partition coefficient (Wildman–Crippen LogP) is 2.12. The van der Waals surface area contributed by atoms with Crippen LogP contribution in [-0.2, 0) is 18.9 Å². The number of nitrogens with zero attached hydrogens (tertiary/aromatic N) is 2. The van der Waals surface area contributed by atoms with E-state index in [1.54, 1.807) is 0 Å². The second-order valence-electron chi connectivity index (χ2n) is 10.2. The molecule has 6 nitrogen and oxygen atoms in total. The number of rotatable bonds is 7. The molecule has 4 aliphatic rings. The summed E-state index contributed by atoms with van der Waals surface area (Å²) in [6, 6.07) is 0. The van der Waals surface area contributed by atoms with E-state index in [2.05, 4.69) is 21.0 Å². The van der Waals surface area contributed by atoms with Crippen LogP contribution in [0.2, 0.25) is 0 Å². The second kappa shape index (κ2) is 7.88. The lowest BCUT2D eigenvalue weighted by Crippen LogP contribution is -2.47. The van der Waals surface area contributed by atoms with Gasteiger partial charge in [0, 0.05) is 38.5 Å². The Morgan fingerprint density at radius 2 is 1.44 bits per heavy atom. The van der Waals surface area contributed by atoms with Gasteiger partial charge in [0.1, 0.15) is 25.3 Å². The van der Waals surface area contributed by atoms with E-state index in [4.69, 9.17) is 18.9 Å². The molecule has 0 amide bonds. The molecule has 4 saturated heterocycles. The quantitative estimate of drug-likeness (QED) is 0.630. The molecule has 0 aromatic rings. The van der Waals surface area contributed by atoms with Gasteiger partial charge in [-0.15, -0.1) is 0 Å². The minimum Gasteiger partial charge on any atom is -0.350 e. The van der Waals surface area contributed by atoms with Gasteiger partial charge in [0.05, 0.1) is 53.5 Å². The molecule has 27 heavy (non-hydrogen) atoms. The van der Waals surface area contributed by atoms with Crippen molar-refractivity contribution < 1.29 is 27.9 Å². The lowest BCUT2D eigenvalue weighted by molar-refractivity contribution is -0.900. The van der Waals surface area contributed by atoms with Gasteiger partial charge < -0.3 is 27.9 Å². The zero-order chi connectivity index (χ0) is 19.0. The largest absolute Gasteiger partial charge is 0.350 e. The fraction of sp³-hybridized carbons (Fsp3) is 1.00. The van der Waals surface area contributed by atoms with Crippen LogP contribution in [0, 0.1) is 0 Å². The van der Waals surface area contributed by atoms with E-state index in [1.807, 2.05) is 0 Å². The first kappa shape index (κ1) is 20.0. The first-order chi connectivity index (χ1) is 12.9. The molecule has 4 rings (SSSR count). The lowest BCUT2D eigenvalue weighted by Gasteiger charge is -2.32. The Hall–Kier alpha value is -0.240. The van der Waals surface area contributed by atoms with Crippen LogP contribution in [0.5, 0.6) is 0 Å². The lowest BCUT2D eigenvalue weighted by atomic mass is 10.1. The summed E-state index contributed by atoms with van der Waals surface area (Å²) in [5, 5.41) is 0. The van der Waals surface area contributed by atoms with Gasteiger partial charge in [-0.2, -0.15) is 0 Å². The molecule has 0 bridgehead atoms. The molecule has 6 heteroatoms. The van der Waals surface area contributed by atoms with Crippen LogP contribution >= 0.6 is 0 Å². The molecule has 0 radical (unpaired) electrons. The number of quaternary nitrogens is 2. The van der Waals surface area contributed by atoms with Crippen molar-refractivity contribution in [3.8, 4) is 0 Å². The molecule has 4 atom stereocenters. The number of likely N-dealkylation sites (N-methyl/N-ethyl adjacent to an activating group) is 2. The Morgan fingerprint density at radius 1 is 0.852 bits per heavy atom. The molecule has 0 aliphatic carbocycles. The molecule has 4 heterocycles. The molecular weight excluding hydrogens is 344 g/mol. The summed E-state index contributed by atoms with van der Waals surface area (Å²) in [5.41, 5.74) is 0. The Balaban J connectivity index is 1.19. The smallest absolute Gasteiger partial charge is 0.166 e. The highest BCUT2D eigenvalue weighted by atomic mass is 16.7. The van der Waals surface area contributed by atoms with Gasteiger partial charge in [-0.3, -0.25) is 0 Å². The Bertz CT molecular complexity index is 504. The zero-order valence-electron chi connectivity index (χ0n) is 17.7. The maximum absolute atomic E-state index is 6.33. The summed E-state index contributed by atoms with van der Waals surface area (Å²) in [7, 11) is 4.71. The normalized spacial score (nSPS) is 40.8. The summed E-state index contributed by atoms with van der Waals surface area (Å²) < 4.78 is 26.8.